The summed E-state index contributed by atoms with van der Waals surface area (Å²) >= 11 is 15.0. The molecule has 0 aromatic heterocycles. The number of carbonyl (C=O) groups is 2. The van der Waals surface area contributed by atoms with Crippen molar-refractivity contribution in [2.75, 3.05) is 5.32 Å². The summed E-state index contributed by atoms with van der Waals surface area (Å²) in [7, 11) is 0. The average molecular weight is 443 g/mol. The zero-order valence-electron chi connectivity index (χ0n) is 13.1. The number of nitrogens with zero attached hydrogens (tertiary/aromatic N) is 1. The third-order valence-electron chi connectivity index (χ3n) is 3.09. The Hall–Kier alpha value is -1.89. The molecule has 2 aromatic carbocycles. The second kappa shape index (κ2) is 8.99. The minimum absolute atomic E-state index is 0.0243. The van der Waals surface area contributed by atoms with Crippen LogP contribution in [0.1, 0.15) is 23.7 Å². The third kappa shape index (κ3) is 5.85. The molecule has 0 spiro atoms. The molecule has 0 heterocycles. The molecule has 130 valence electrons. The van der Waals surface area contributed by atoms with Crippen LogP contribution in [0.2, 0.25) is 10.0 Å². The highest BCUT2D eigenvalue weighted by atomic mass is 79.9. The number of anilines is 1. The van der Waals surface area contributed by atoms with Crippen LogP contribution < -0.4 is 10.7 Å². The largest absolute Gasteiger partial charge is 0.326 e. The first-order valence-electron chi connectivity index (χ1n) is 7.19. The Morgan fingerprint density at radius 3 is 2.52 bits per heavy atom. The van der Waals surface area contributed by atoms with Crippen molar-refractivity contribution in [2.24, 2.45) is 5.10 Å². The molecule has 5 nitrogen and oxygen atoms in total. The van der Waals surface area contributed by atoms with E-state index < -0.39 is 0 Å². The van der Waals surface area contributed by atoms with Crippen LogP contribution in [0, 0.1) is 0 Å². The molecule has 2 N–H and O–H groups in total. The van der Waals surface area contributed by atoms with Gasteiger partial charge in [-0.05, 0) is 53.2 Å². The maximum Gasteiger partial charge on any atom is 0.272 e. The van der Waals surface area contributed by atoms with E-state index in [2.05, 4.69) is 31.8 Å². The van der Waals surface area contributed by atoms with E-state index in [1.54, 1.807) is 43.3 Å². The second-order valence-electron chi connectivity index (χ2n) is 5.12. The number of hydrogen-bond acceptors (Lipinski definition) is 3. The summed E-state index contributed by atoms with van der Waals surface area (Å²) < 4.78 is 0.665. The van der Waals surface area contributed by atoms with Gasteiger partial charge in [-0.25, -0.2) is 5.43 Å². The van der Waals surface area contributed by atoms with Gasteiger partial charge in [-0.3, -0.25) is 9.59 Å². The van der Waals surface area contributed by atoms with E-state index in [1.807, 2.05) is 6.07 Å². The van der Waals surface area contributed by atoms with Crippen molar-refractivity contribution in [3.8, 4) is 0 Å². The Morgan fingerprint density at radius 1 is 1.12 bits per heavy atom. The maximum atomic E-state index is 12.0. The highest BCUT2D eigenvalue weighted by Crippen LogP contribution is 2.25. The van der Waals surface area contributed by atoms with Gasteiger partial charge in [0.05, 0.1) is 22.0 Å². The highest BCUT2D eigenvalue weighted by molar-refractivity contribution is 9.10. The smallest absolute Gasteiger partial charge is 0.272 e. The molecule has 8 heteroatoms. The molecule has 0 fully saturated rings. The summed E-state index contributed by atoms with van der Waals surface area (Å²) in [5.41, 5.74) is 3.87. The summed E-state index contributed by atoms with van der Waals surface area (Å²) in [5.74, 6) is -0.647. The minimum atomic E-state index is -0.364. The van der Waals surface area contributed by atoms with Crippen molar-refractivity contribution in [3.63, 3.8) is 0 Å². The first-order chi connectivity index (χ1) is 11.9. The summed E-state index contributed by atoms with van der Waals surface area (Å²) in [6, 6.07) is 11.8. The maximum absolute atomic E-state index is 12.0. The van der Waals surface area contributed by atoms with Crippen molar-refractivity contribution < 1.29 is 9.59 Å². The van der Waals surface area contributed by atoms with Gasteiger partial charge in [0, 0.05) is 15.9 Å². The molecule has 2 aromatic rings. The number of nitrogens with one attached hydrogen (secondary N) is 2. The Labute approximate surface area is 163 Å². The lowest BCUT2D eigenvalue weighted by Crippen LogP contribution is -2.21. The zero-order chi connectivity index (χ0) is 18.4. The first-order valence-corrected chi connectivity index (χ1v) is 8.74. The number of benzene rings is 2. The fraction of sp³-hybridized carbons (Fsp3) is 0.118. The van der Waals surface area contributed by atoms with Gasteiger partial charge in [0.25, 0.3) is 5.91 Å². The number of rotatable bonds is 5. The van der Waals surface area contributed by atoms with Gasteiger partial charge < -0.3 is 5.32 Å². The lowest BCUT2D eigenvalue weighted by atomic mass is 10.2. The fourth-order valence-corrected chi connectivity index (χ4v) is 2.67. The Balaban J connectivity index is 1.92. The van der Waals surface area contributed by atoms with E-state index in [-0.39, 0.29) is 18.2 Å². The molecule has 0 saturated heterocycles. The summed E-state index contributed by atoms with van der Waals surface area (Å²) in [4.78, 5) is 24.0. The van der Waals surface area contributed by atoms with E-state index in [1.165, 1.54) is 0 Å². The molecule has 2 rings (SSSR count). The van der Waals surface area contributed by atoms with Gasteiger partial charge >= 0.3 is 0 Å². The lowest BCUT2D eigenvalue weighted by molar-refractivity contribution is -0.115. The van der Waals surface area contributed by atoms with Crippen LogP contribution in [0.15, 0.2) is 52.0 Å². The Kier molecular flexibility index (Phi) is 6.99. The molecule has 0 unspecified atom stereocenters. The van der Waals surface area contributed by atoms with Gasteiger partial charge in [0.1, 0.15) is 0 Å². The second-order valence-corrected chi connectivity index (χ2v) is 6.79. The normalized spacial score (nSPS) is 11.1. The molecule has 25 heavy (non-hydrogen) atoms. The molecule has 0 bridgehead atoms. The van der Waals surface area contributed by atoms with E-state index in [4.69, 9.17) is 23.2 Å². The van der Waals surface area contributed by atoms with E-state index in [0.717, 1.165) is 0 Å². The van der Waals surface area contributed by atoms with Crippen molar-refractivity contribution in [3.05, 3.63) is 62.5 Å². The van der Waals surface area contributed by atoms with Crippen molar-refractivity contribution in [1.82, 2.24) is 5.43 Å². The monoisotopic (exact) mass is 441 g/mol. The summed E-state index contributed by atoms with van der Waals surface area (Å²) in [5, 5.41) is 7.39. The van der Waals surface area contributed by atoms with Crippen LogP contribution in [0.5, 0.6) is 0 Å². The van der Waals surface area contributed by atoms with Crippen LogP contribution in [0.3, 0.4) is 0 Å². The minimum Gasteiger partial charge on any atom is -0.326 e. The molecule has 0 aliphatic carbocycles. The lowest BCUT2D eigenvalue weighted by Gasteiger charge is -2.07. The summed E-state index contributed by atoms with van der Waals surface area (Å²) in [6.07, 6.45) is 0.0243. The van der Waals surface area contributed by atoms with Crippen molar-refractivity contribution >= 4 is 62.3 Å². The third-order valence-corrected chi connectivity index (χ3v) is 4.52. The first kappa shape index (κ1) is 19.4. The number of hydrazone groups is 1. The van der Waals surface area contributed by atoms with Crippen molar-refractivity contribution in [1.29, 1.82) is 0 Å². The number of amides is 2. The Bertz CT molecular complexity index is 840. The van der Waals surface area contributed by atoms with Gasteiger partial charge in [0.15, 0.2) is 0 Å². The number of halogens is 3. The predicted molar refractivity (Wildman–Crippen MR) is 104 cm³/mol. The van der Waals surface area contributed by atoms with Gasteiger partial charge in [-0.2, -0.15) is 5.10 Å². The topological polar surface area (TPSA) is 70.6 Å². The quantitative estimate of drug-likeness (QED) is 0.511. The van der Waals surface area contributed by atoms with E-state index >= 15 is 0 Å². The predicted octanol–water partition coefficient (Wildman–Crippen LogP) is 4.89. The zero-order valence-corrected chi connectivity index (χ0v) is 16.2. The van der Waals surface area contributed by atoms with Crippen LogP contribution in [0.25, 0.3) is 0 Å². The SMILES string of the molecule is CC(CC(=O)Nc1ccc(Cl)c(Cl)c1)=NNC(=O)c1ccccc1Br. The molecule has 2 amide bonds. The van der Waals surface area contributed by atoms with Crippen LogP contribution in [-0.4, -0.2) is 17.5 Å². The van der Waals surface area contributed by atoms with E-state index in [0.29, 0.717) is 31.5 Å². The Morgan fingerprint density at radius 2 is 1.84 bits per heavy atom. The number of hydrogen-bond donors (Lipinski definition) is 2. The van der Waals surface area contributed by atoms with Crippen LogP contribution in [0.4, 0.5) is 5.69 Å². The average Bonchev–Trinajstić information content (AvgIpc) is 2.56. The molecular formula is C17H14BrCl2N3O2. The number of carbonyl (C=O) groups excluding carboxylic acids is 2. The van der Waals surface area contributed by atoms with Crippen LogP contribution >= 0.6 is 39.1 Å². The van der Waals surface area contributed by atoms with Crippen molar-refractivity contribution in [2.45, 2.75) is 13.3 Å². The van der Waals surface area contributed by atoms with Gasteiger partial charge in [0.2, 0.25) is 5.91 Å². The molecule has 0 atom stereocenters. The molecule has 0 aliphatic rings. The highest BCUT2D eigenvalue weighted by Gasteiger charge is 2.10. The van der Waals surface area contributed by atoms with Gasteiger partial charge in [-0.15, -0.1) is 0 Å². The fourth-order valence-electron chi connectivity index (χ4n) is 1.90. The molecule has 0 radical (unpaired) electrons. The standard InChI is InChI=1S/C17H14BrCl2N3O2/c1-10(22-23-17(25)12-4-2-3-5-13(12)18)8-16(24)21-11-6-7-14(19)15(20)9-11/h2-7,9H,8H2,1H3,(H,21,24)(H,23,25). The molecule has 0 aliphatic heterocycles. The molecular weight excluding hydrogens is 429 g/mol. The van der Waals surface area contributed by atoms with E-state index in [9.17, 15) is 9.59 Å². The van der Waals surface area contributed by atoms with Gasteiger partial charge in [-0.1, -0.05) is 35.3 Å². The molecule has 0 saturated carbocycles. The van der Waals surface area contributed by atoms with Crippen LogP contribution in [-0.2, 0) is 4.79 Å². The summed E-state index contributed by atoms with van der Waals surface area (Å²) in [6.45, 7) is 1.65.